The number of likely N-dealkylation sites (tertiary alicyclic amines) is 1. The van der Waals surface area contributed by atoms with Crippen LogP contribution in [0, 0.1) is 0 Å². The summed E-state index contributed by atoms with van der Waals surface area (Å²) in [6.45, 7) is 5.00. The molecule has 2 saturated heterocycles. The third-order valence-electron chi connectivity index (χ3n) is 7.71. The highest BCUT2D eigenvalue weighted by molar-refractivity contribution is 6.00. The number of carbonyl (C=O) groups excluding carboxylic acids is 2. The van der Waals surface area contributed by atoms with E-state index in [1.54, 1.807) is 6.20 Å². The van der Waals surface area contributed by atoms with E-state index in [4.69, 9.17) is 0 Å². The van der Waals surface area contributed by atoms with Crippen LogP contribution in [0.15, 0.2) is 24.4 Å². The minimum Gasteiger partial charge on any atom is -0.390 e. The van der Waals surface area contributed by atoms with Gasteiger partial charge in [-0.2, -0.15) is 0 Å². The first-order chi connectivity index (χ1) is 15.5. The van der Waals surface area contributed by atoms with Gasteiger partial charge in [0.2, 0.25) is 11.8 Å². The molecule has 1 aromatic heterocycles. The monoisotopic (exact) mass is 442 g/mol. The Hall–Kier alpha value is -1.99. The van der Waals surface area contributed by atoms with Crippen LogP contribution in [0.1, 0.15) is 76.8 Å². The van der Waals surface area contributed by atoms with Gasteiger partial charge in [0.15, 0.2) is 0 Å². The standard InChI is InChI=1S/C25H38N4O3/c1-2-3-15-29-22(30)21(18-24(32)10-6-4-7-11-24)27-23(31)25(29)12-16-28(17-13-25)19-20-9-5-8-14-26-20/h5,8-9,14,21,32H,2-4,6-7,10-13,15-19H2,1H3,(H,27,31)/t21-/m1/s1. The SMILES string of the molecule is CCCCN1C(=O)[C@@H](CC2(O)CCCCC2)NC(=O)C12CCN(Cc1ccccn1)CC2. The largest absolute Gasteiger partial charge is 0.390 e. The predicted octanol–water partition coefficient (Wildman–Crippen LogP) is 2.63. The van der Waals surface area contributed by atoms with Gasteiger partial charge in [0.05, 0.1) is 11.3 Å². The number of piperazine rings is 1. The zero-order valence-electron chi connectivity index (χ0n) is 19.4. The van der Waals surface area contributed by atoms with Crippen molar-refractivity contribution in [1.82, 2.24) is 20.1 Å². The van der Waals surface area contributed by atoms with Crippen LogP contribution in [0.3, 0.4) is 0 Å². The van der Waals surface area contributed by atoms with E-state index in [9.17, 15) is 14.7 Å². The Bertz CT molecular complexity index is 786. The number of carbonyl (C=O) groups is 2. The van der Waals surface area contributed by atoms with Crippen LogP contribution in [-0.2, 0) is 16.1 Å². The average molecular weight is 443 g/mol. The summed E-state index contributed by atoms with van der Waals surface area (Å²) in [6, 6.07) is 5.32. The fourth-order valence-corrected chi connectivity index (χ4v) is 5.75. The number of amides is 2. The Labute approximate surface area is 191 Å². The molecule has 0 bridgehead atoms. The van der Waals surface area contributed by atoms with Gasteiger partial charge in [0.1, 0.15) is 11.6 Å². The molecule has 3 fully saturated rings. The fourth-order valence-electron chi connectivity index (χ4n) is 5.75. The summed E-state index contributed by atoms with van der Waals surface area (Å²) in [5.74, 6) is -0.0367. The van der Waals surface area contributed by atoms with E-state index in [1.807, 2.05) is 23.1 Å². The van der Waals surface area contributed by atoms with Crippen molar-refractivity contribution in [2.24, 2.45) is 0 Å². The molecule has 7 nitrogen and oxygen atoms in total. The molecule has 1 spiro atoms. The van der Waals surface area contributed by atoms with Gasteiger partial charge in [-0.25, -0.2) is 0 Å². The first kappa shape index (κ1) is 23.2. The van der Waals surface area contributed by atoms with E-state index in [2.05, 4.69) is 22.1 Å². The van der Waals surface area contributed by atoms with Crippen molar-refractivity contribution in [2.45, 2.75) is 94.9 Å². The van der Waals surface area contributed by atoms with Crippen LogP contribution < -0.4 is 5.32 Å². The van der Waals surface area contributed by atoms with Gasteiger partial charge in [0, 0.05) is 38.8 Å². The van der Waals surface area contributed by atoms with E-state index in [0.717, 1.165) is 70.3 Å². The van der Waals surface area contributed by atoms with Crippen molar-refractivity contribution in [2.75, 3.05) is 19.6 Å². The van der Waals surface area contributed by atoms with E-state index in [1.165, 1.54) is 0 Å². The minimum atomic E-state index is -0.834. The molecule has 32 heavy (non-hydrogen) atoms. The normalized spacial score (nSPS) is 25.7. The average Bonchev–Trinajstić information content (AvgIpc) is 2.80. The molecule has 1 aliphatic carbocycles. The highest BCUT2D eigenvalue weighted by Gasteiger charge is 2.54. The van der Waals surface area contributed by atoms with Crippen molar-refractivity contribution in [1.29, 1.82) is 0 Å². The maximum atomic E-state index is 13.6. The lowest BCUT2D eigenvalue weighted by Gasteiger charge is -2.52. The van der Waals surface area contributed by atoms with Crippen molar-refractivity contribution in [3.05, 3.63) is 30.1 Å². The van der Waals surface area contributed by atoms with E-state index in [-0.39, 0.29) is 11.8 Å². The molecule has 7 heteroatoms. The molecule has 0 aromatic carbocycles. The lowest BCUT2D eigenvalue weighted by atomic mass is 9.77. The number of piperidine rings is 1. The van der Waals surface area contributed by atoms with Crippen molar-refractivity contribution >= 4 is 11.8 Å². The molecule has 3 heterocycles. The molecule has 1 aromatic rings. The third-order valence-corrected chi connectivity index (χ3v) is 7.71. The molecule has 0 unspecified atom stereocenters. The zero-order chi connectivity index (χ0) is 22.6. The fraction of sp³-hybridized carbons (Fsp3) is 0.720. The molecule has 176 valence electrons. The molecule has 2 aliphatic heterocycles. The van der Waals surface area contributed by atoms with Crippen LogP contribution in [0.2, 0.25) is 0 Å². The van der Waals surface area contributed by atoms with Crippen LogP contribution in [0.5, 0.6) is 0 Å². The summed E-state index contributed by atoms with van der Waals surface area (Å²) in [6.07, 6.45) is 9.82. The number of pyridine rings is 1. The van der Waals surface area contributed by atoms with Crippen LogP contribution >= 0.6 is 0 Å². The molecule has 4 rings (SSSR count). The molecule has 1 saturated carbocycles. The summed E-state index contributed by atoms with van der Waals surface area (Å²) < 4.78 is 0. The predicted molar refractivity (Wildman–Crippen MR) is 123 cm³/mol. The maximum Gasteiger partial charge on any atom is 0.246 e. The highest BCUT2D eigenvalue weighted by Crippen LogP contribution is 2.37. The Morgan fingerprint density at radius 3 is 2.53 bits per heavy atom. The number of rotatable bonds is 7. The topological polar surface area (TPSA) is 85.8 Å². The van der Waals surface area contributed by atoms with Crippen molar-refractivity contribution in [3.63, 3.8) is 0 Å². The smallest absolute Gasteiger partial charge is 0.246 e. The number of aliphatic hydroxyl groups is 1. The van der Waals surface area contributed by atoms with Gasteiger partial charge in [-0.1, -0.05) is 38.7 Å². The lowest BCUT2D eigenvalue weighted by molar-refractivity contribution is -0.163. The number of nitrogens with zero attached hydrogens (tertiary/aromatic N) is 3. The van der Waals surface area contributed by atoms with Crippen LogP contribution in [-0.4, -0.2) is 68.5 Å². The highest BCUT2D eigenvalue weighted by atomic mass is 16.3. The second-order valence-electron chi connectivity index (χ2n) is 9.99. The van der Waals surface area contributed by atoms with Gasteiger partial charge in [-0.15, -0.1) is 0 Å². The number of hydrogen-bond acceptors (Lipinski definition) is 5. The Kier molecular flexibility index (Phi) is 7.15. The summed E-state index contributed by atoms with van der Waals surface area (Å²) in [7, 11) is 0. The minimum absolute atomic E-state index is 0.00442. The number of nitrogens with one attached hydrogen (secondary N) is 1. The Morgan fingerprint density at radius 1 is 1.12 bits per heavy atom. The zero-order valence-corrected chi connectivity index (χ0v) is 19.4. The molecule has 1 atom stereocenters. The summed E-state index contributed by atoms with van der Waals surface area (Å²) in [4.78, 5) is 35.7. The lowest BCUT2D eigenvalue weighted by Crippen LogP contribution is -2.73. The second kappa shape index (κ2) is 9.87. The quantitative estimate of drug-likeness (QED) is 0.678. The number of aromatic nitrogens is 1. The van der Waals surface area contributed by atoms with Crippen LogP contribution in [0.25, 0.3) is 0 Å². The van der Waals surface area contributed by atoms with E-state index in [0.29, 0.717) is 25.8 Å². The van der Waals surface area contributed by atoms with Gasteiger partial charge >= 0.3 is 0 Å². The number of hydrogen-bond donors (Lipinski definition) is 2. The van der Waals surface area contributed by atoms with Crippen molar-refractivity contribution < 1.29 is 14.7 Å². The Balaban J connectivity index is 1.47. The van der Waals surface area contributed by atoms with E-state index >= 15 is 0 Å². The van der Waals surface area contributed by atoms with E-state index < -0.39 is 17.2 Å². The molecule has 0 radical (unpaired) electrons. The molecule has 2 N–H and O–H groups in total. The molecule has 2 amide bonds. The van der Waals surface area contributed by atoms with Crippen LogP contribution in [0.4, 0.5) is 0 Å². The first-order valence-electron chi connectivity index (χ1n) is 12.4. The summed E-state index contributed by atoms with van der Waals surface area (Å²) in [5, 5.41) is 14.1. The van der Waals surface area contributed by atoms with Crippen molar-refractivity contribution in [3.8, 4) is 0 Å². The maximum absolute atomic E-state index is 13.6. The Morgan fingerprint density at radius 2 is 1.88 bits per heavy atom. The molecule has 3 aliphatic rings. The molecular formula is C25H38N4O3. The summed E-state index contributed by atoms with van der Waals surface area (Å²) in [5.41, 5.74) is -0.576. The number of unbranched alkanes of at least 4 members (excludes halogenated alkanes) is 1. The third kappa shape index (κ3) is 4.84. The summed E-state index contributed by atoms with van der Waals surface area (Å²) >= 11 is 0. The van der Waals surface area contributed by atoms with Gasteiger partial charge in [-0.05, 0) is 44.2 Å². The second-order valence-corrected chi connectivity index (χ2v) is 9.99. The first-order valence-corrected chi connectivity index (χ1v) is 12.4. The van der Waals surface area contributed by atoms with Gasteiger partial charge in [-0.3, -0.25) is 19.5 Å². The van der Waals surface area contributed by atoms with Gasteiger partial charge < -0.3 is 15.3 Å². The molecular weight excluding hydrogens is 404 g/mol. The van der Waals surface area contributed by atoms with Gasteiger partial charge in [0.25, 0.3) is 0 Å².